The molecule has 0 aliphatic carbocycles. The molecule has 14 heteroatoms. The summed E-state index contributed by atoms with van der Waals surface area (Å²) < 4.78 is 14.8. The van der Waals surface area contributed by atoms with E-state index in [4.69, 9.17) is 25.1 Å². The fourth-order valence-electron chi connectivity index (χ4n) is 2.48. The summed E-state index contributed by atoms with van der Waals surface area (Å²) in [4.78, 5) is 71.7. The average Bonchev–Trinajstić information content (AvgIpc) is 2.77. The lowest BCUT2D eigenvalue weighted by atomic mass is 10.1. The Morgan fingerprint density at radius 1 is 1.00 bits per heavy atom. The minimum Gasteiger partial charge on any atom is -0.480 e. The van der Waals surface area contributed by atoms with E-state index in [1.807, 2.05) is 0 Å². The lowest BCUT2D eigenvalue weighted by molar-refractivity contribution is -0.149. The average molecular weight is 522 g/mol. The number of carboxylic acids is 1. The van der Waals surface area contributed by atoms with Gasteiger partial charge in [-0.2, -0.15) is 0 Å². The second-order valence-corrected chi connectivity index (χ2v) is 8.68. The second-order valence-electron chi connectivity index (χ2n) is 7.44. The van der Waals surface area contributed by atoms with E-state index in [2.05, 4.69) is 10.6 Å². The summed E-state index contributed by atoms with van der Waals surface area (Å²) in [5.41, 5.74) is 5.40. The molecule has 0 aliphatic rings. The van der Waals surface area contributed by atoms with Gasteiger partial charge < -0.3 is 35.7 Å². The predicted molar refractivity (Wildman–Crippen MR) is 125 cm³/mol. The maximum atomic E-state index is 12.7. The van der Waals surface area contributed by atoms with Gasteiger partial charge in [-0.3, -0.25) is 28.8 Å². The number of hydrogen-bond acceptors (Lipinski definition) is 11. The summed E-state index contributed by atoms with van der Waals surface area (Å²) in [7, 11) is 0. The van der Waals surface area contributed by atoms with Crippen molar-refractivity contribution in [2.45, 2.75) is 70.4 Å². The van der Waals surface area contributed by atoms with Crippen LogP contribution in [0.2, 0.25) is 0 Å². The first-order chi connectivity index (χ1) is 16.4. The third-order valence-corrected chi connectivity index (χ3v) is 5.38. The van der Waals surface area contributed by atoms with E-state index in [0.717, 1.165) is 11.8 Å². The zero-order valence-electron chi connectivity index (χ0n) is 20.4. The summed E-state index contributed by atoms with van der Waals surface area (Å²) in [6, 6.07) is -2.48. The first-order valence-corrected chi connectivity index (χ1v) is 12.1. The molecule has 0 heterocycles. The number of nitrogens with one attached hydrogen (secondary N) is 2. The summed E-state index contributed by atoms with van der Waals surface area (Å²) in [5.74, 6) is -4.86. The Balaban J connectivity index is 5.34. The van der Waals surface area contributed by atoms with E-state index in [9.17, 15) is 28.8 Å². The monoisotopic (exact) mass is 521 g/mol. The van der Waals surface area contributed by atoms with Gasteiger partial charge in [0.25, 0.3) is 0 Å². The van der Waals surface area contributed by atoms with Crippen molar-refractivity contribution in [1.82, 2.24) is 10.6 Å². The van der Waals surface area contributed by atoms with E-state index in [0.29, 0.717) is 0 Å². The van der Waals surface area contributed by atoms with E-state index in [1.165, 1.54) is 0 Å². The highest BCUT2D eigenvalue weighted by atomic mass is 32.2. The van der Waals surface area contributed by atoms with Crippen LogP contribution in [0.5, 0.6) is 0 Å². The summed E-state index contributed by atoms with van der Waals surface area (Å²) in [6.45, 7) is 6.22. The zero-order chi connectivity index (χ0) is 27.0. The van der Waals surface area contributed by atoms with Crippen molar-refractivity contribution in [2.24, 2.45) is 5.73 Å². The van der Waals surface area contributed by atoms with Crippen molar-refractivity contribution in [3.63, 3.8) is 0 Å². The Labute approximate surface area is 208 Å². The van der Waals surface area contributed by atoms with Crippen LogP contribution < -0.4 is 16.4 Å². The molecule has 2 amide bonds. The van der Waals surface area contributed by atoms with Gasteiger partial charge in [-0.15, -0.1) is 11.8 Å². The van der Waals surface area contributed by atoms with Crippen LogP contribution in [0.25, 0.3) is 0 Å². The first-order valence-electron chi connectivity index (χ1n) is 11.1. The van der Waals surface area contributed by atoms with Gasteiger partial charge in [-0.1, -0.05) is 0 Å². The van der Waals surface area contributed by atoms with Crippen molar-refractivity contribution in [2.75, 3.05) is 25.5 Å². The van der Waals surface area contributed by atoms with Gasteiger partial charge in [-0.25, -0.2) is 0 Å². The number of thioether (sulfide) groups is 1. The first kappa shape index (κ1) is 32.1. The number of ether oxygens (including phenoxy) is 3. The van der Waals surface area contributed by atoms with Crippen LogP contribution in [0.15, 0.2) is 0 Å². The highest BCUT2D eigenvalue weighted by molar-refractivity contribution is 8.00. The van der Waals surface area contributed by atoms with Crippen LogP contribution >= 0.6 is 11.8 Å². The molecule has 0 radical (unpaired) electrons. The maximum Gasteiger partial charge on any atom is 0.325 e. The van der Waals surface area contributed by atoms with Gasteiger partial charge in [0.15, 0.2) is 0 Å². The molecule has 5 N–H and O–H groups in total. The van der Waals surface area contributed by atoms with E-state index in [1.54, 1.807) is 27.7 Å². The van der Waals surface area contributed by atoms with E-state index < -0.39 is 65.7 Å². The van der Waals surface area contributed by atoms with Gasteiger partial charge in [0, 0.05) is 12.2 Å². The molecule has 3 atom stereocenters. The Bertz CT molecular complexity index is 747. The molecule has 1 unspecified atom stereocenters. The van der Waals surface area contributed by atoms with Gasteiger partial charge >= 0.3 is 23.9 Å². The van der Waals surface area contributed by atoms with Crippen LogP contribution in [0.1, 0.15) is 47.0 Å². The Morgan fingerprint density at radius 3 is 2.17 bits per heavy atom. The fourth-order valence-corrected chi connectivity index (χ4v) is 3.59. The molecule has 0 aliphatic heterocycles. The lowest BCUT2D eigenvalue weighted by Gasteiger charge is -2.21. The molecule has 0 spiro atoms. The molecule has 0 aromatic carbocycles. The van der Waals surface area contributed by atoms with Gasteiger partial charge in [0.05, 0.1) is 25.7 Å². The smallest absolute Gasteiger partial charge is 0.325 e. The minimum atomic E-state index is -1.28. The van der Waals surface area contributed by atoms with Crippen LogP contribution in [0, 0.1) is 0 Å². The molecule has 0 bridgehead atoms. The number of rotatable bonds is 17. The van der Waals surface area contributed by atoms with E-state index in [-0.39, 0.29) is 38.2 Å². The summed E-state index contributed by atoms with van der Waals surface area (Å²) in [6.07, 6.45) is -1.15. The SMILES string of the molecule is CCOC(=O)CC(SC[C@H](NC(=O)CC[C@H](N)C(=O)O)C(=O)NCC(=O)OC(C)C)C(=O)OCC. The molecule has 0 saturated heterocycles. The quantitative estimate of drug-likeness (QED) is 0.139. The van der Waals surface area contributed by atoms with Gasteiger partial charge in [0.1, 0.15) is 23.9 Å². The van der Waals surface area contributed by atoms with Crippen LogP contribution in [0.3, 0.4) is 0 Å². The molecular formula is C21H35N3O10S. The lowest BCUT2D eigenvalue weighted by Crippen LogP contribution is -2.50. The second kappa shape index (κ2) is 17.5. The van der Waals surface area contributed by atoms with Crippen LogP contribution in [0.4, 0.5) is 0 Å². The van der Waals surface area contributed by atoms with E-state index >= 15 is 0 Å². The van der Waals surface area contributed by atoms with Crippen molar-refractivity contribution >= 4 is 47.5 Å². The summed E-state index contributed by atoms with van der Waals surface area (Å²) >= 11 is 0.890. The van der Waals surface area contributed by atoms with Gasteiger partial charge in [0.2, 0.25) is 11.8 Å². The van der Waals surface area contributed by atoms with Crippen molar-refractivity contribution in [3.05, 3.63) is 0 Å². The third kappa shape index (κ3) is 14.9. The number of nitrogens with two attached hydrogens (primary N) is 1. The molecule has 0 aromatic heterocycles. The molecule has 35 heavy (non-hydrogen) atoms. The predicted octanol–water partition coefficient (Wildman–Crippen LogP) is -0.651. The number of hydrogen-bond donors (Lipinski definition) is 4. The topological polar surface area (TPSA) is 200 Å². The van der Waals surface area contributed by atoms with Crippen molar-refractivity contribution < 1.29 is 48.1 Å². The number of carbonyl (C=O) groups is 6. The molecule has 0 aromatic rings. The maximum absolute atomic E-state index is 12.7. The number of amides is 2. The molecule has 0 rings (SSSR count). The largest absolute Gasteiger partial charge is 0.480 e. The number of esters is 3. The van der Waals surface area contributed by atoms with Crippen LogP contribution in [-0.2, 0) is 43.0 Å². The number of carbonyl (C=O) groups excluding carboxylic acids is 5. The summed E-state index contributed by atoms with van der Waals surface area (Å²) in [5, 5.41) is 12.6. The third-order valence-electron chi connectivity index (χ3n) is 4.10. The fraction of sp³-hybridized carbons (Fsp3) is 0.714. The zero-order valence-corrected chi connectivity index (χ0v) is 21.2. The molecular weight excluding hydrogens is 486 g/mol. The van der Waals surface area contributed by atoms with Crippen LogP contribution in [-0.4, -0.2) is 89.7 Å². The minimum absolute atomic E-state index is 0.0706. The Hall–Kier alpha value is -2.87. The Kier molecular flexibility index (Phi) is 16.1. The van der Waals surface area contributed by atoms with Crippen molar-refractivity contribution in [1.29, 1.82) is 0 Å². The normalized spacial score (nSPS) is 13.2. The highest BCUT2D eigenvalue weighted by Gasteiger charge is 2.29. The number of aliphatic carboxylic acids is 1. The molecule has 200 valence electrons. The molecule has 0 fully saturated rings. The molecule has 0 saturated carbocycles. The Morgan fingerprint density at radius 2 is 1.63 bits per heavy atom. The standard InChI is InChI=1S/C21H35N3O10S/c1-5-32-17(26)9-15(21(31)33-6-2)35-11-14(19(28)23-10-18(27)34-12(3)4)24-16(25)8-7-13(22)20(29)30/h12-15H,5-11,22H2,1-4H3,(H,23,28)(H,24,25)(H,29,30)/t13-,14-,15?/m0/s1. The number of carboxylic acid groups (broad SMARTS) is 1. The highest BCUT2D eigenvalue weighted by Crippen LogP contribution is 2.19. The molecule has 13 nitrogen and oxygen atoms in total. The van der Waals surface area contributed by atoms with Gasteiger partial charge in [-0.05, 0) is 34.1 Å². The van der Waals surface area contributed by atoms with Crippen molar-refractivity contribution in [3.8, 4) is 0 Å².